The van der Waals surface area contributed by atoms with E-state index in [0.29, 0.717) is 0 Å². The standard InChI is InChI=1S/C20H22ClN/c1-2-7-17-15-22(20-12-11-18(21)14-19(17)20)13-6-10-16-8-4-3-5-9-16/h3-5,8-9,11-12,14-15H,2,6-7,10,13H2,1H3. The van der Waals surface area contributed by atoms with Crippen molar-refractivity contribution in [3.8, 4) is 0 Å². The largest absolute Gasteiger partial charge is 0.347 e. The second-order valence-electron chi connectivity index (χ2n) is 5.85. The van der Waals surface area contributed by atoms with Gasteiger partial charge >= 0.3 is 0 Å². The van der Waals surface area contributed by atoms with Gasteiger partial charge in [0.05, 0.1) is 0 Å². The van der Waals surface area contributed by atoms with E-state index in [9.17, 15) is 0 Å². The van der Waals surface area contributed by atoms with Crippen molar-refractivity contribution in [2.45, 2.75) is 39.2 Å². The van der Waals surface area contributed by atoms with Gasteiger partial charge in [0.2, 0.25) is 0 Å². The second kappa shape index (κ2) is 7.02. The molecule has 3 rings (SSSR count). The second-order valence-corrected chi connectivity index (χ2v) is 6.28. The maximum Gasteiger partial charge on any atom is 0.0484 e. The predicted octanol–water partition coefficient (Wildman–Crippen LogP) is 5.88. The summed E-state index contributed by atoms with van der Waals surface area (Å²) in [5, 5.41) is 2.14. The van der Waals surface area contributed by atoms with E-state index in [1.165, 1.54) is 22.0 Å². The topological polar surface area (TPSA) is 4.93 Å². The lowest BCUT2D eigenvalue weighted by atomic mass is 10.1. The molecule has 1 nitrogen and oxygen atoms in total. The van der Waals surface area contributed by atoms with Gasteiger partial charge in [0.25, 0.3) is 0 Å². The fourth-order valence-electron chi connectivity index (χ4n) is 3.09. The smallest absolute Gasteiger partial charge is 0.0484 e. The van der Waals surface area contributed by atoms with Gasteiger partial charge in [-0.15, -0.1) is 0 Å². The van der Waals surface area contributed by atoms with Gasteiger partial charge in [-0.05, 0) is 48.6 Å². The number of benzene rings is 2. The number of hydrogen-bond acceptors (Lipinski definition) is 0. The van der Waals surface area contributed by atoms with Gasteiger partial charge in [-0.3, -0.25) is 0 Å². The molecule has 2 aromatic carbocycles. The third kappa shape index (κ3) is 3.36. The molecule has 22 heavy (non-hydrogen) atoms. The van der Waals surface area contributed by atoms with Crippen LogP contribution in [0.25, 0.3) is 10.9 Å². The van der Waals surface area contributed by atoms with Crippen LogP contribution in [0, 0.1) is 0 Å². The van der Waals surface area contributed by atoms with Crippen LogP contribution < -0.4 is 0 Å². The monoisotopic (exact) mass is 311 g/mol. The quantitative estimate of drug-likeness (QED) is 0.535. The van der Waals surface area contributed by atoms with Gasteiger partial charge in [0.1, 0.15) is 0 Å². The zero-order valence-electron chi connectivity index (χ0n) is 13.1. The van der Waals surface area contributed by atoms with Crippen LogP contribution in [0.15, 0.2) is 54.7 Å². The lowest BCUT2D eigenvalue weighted by Gasteiger charge is -2.06. The molecule has 0 radical (unpaired) electrons. The summed E-state index contributed by atoms with van der Waals surface area (Å²) in [6.45, 7) is 3.28. The molecule has 0 aliphatic carbocycles. The highest BCUT2D eigenvalue weighted by Crippen LogP contribution is 2.26. The molecule has 0 atom stereocenters. The number of rotatable bonds is 6. The molecule has 0 fully saturated rings. The number of halogens is 1. The van der Waals surface area contributed by atoms with E-state index in [1.54, 1.807) is 0 Å². The molecule has 0 aliphatic rings. The molecule has 1 heterocycles. The normalized spacial score (nSPS) is 11.2. The van der Waals surface area contributed by atoms with Gasteiger partial charge in [0.15, 0.2) is 0 Å². The minimum atomic E-state index is 0.826. The van der Waals surface area contributed by atoms with Gasteiger partial charge in [-0.25, -0.2) is 0 Å². The van der Waals surface area contributed by atoms with Gasteiger partial charge in [-0.2, -0.15) is 0 Å². The van der Waals surface area contributed by atoms with Crippen molar-refractivity contribution in [3.63, 3.8) is 0 Å². The Morgan fingerprint density at radius 2 is 1.82 bits per heavy atom. The molecule has 0 aliphatic heterocycles. The van der Waals surface area contributed by atoms with E-state index in [1.807, 2.05) is 6.07 Å². The summed E-state index contributed by atoms with van der Waals surface area (Å²) in [5.74, 6) is 0. The van der Waals surface area contributed by atoms with Crippen LogP contribution in [0.3, 0.4) is 0 Å². The number of aryl methyl sites for hydroxylation is 3. The van der Waals surface area contributed by atoms with Crippen molar-refractivity contribution in [2.75, 3.05) is 0 Å². The van der Waals surface area contributed by atoms with Crippen molar-refractivity contribution in [1.82, 2.24) is 4.57 Å². The average molecular weight is 312 g/mol. The van der Waals surface area contributed by atoms with Crippen LogP contribution in [0.2, 0.25) is 5.02 Å². The third-order valence-corrected chi connectivity index (χ3v) is 4.39. The highest BCUT2D eigenvalue weighted by Gasteiger charge is 2.08. The molecule has 0 saturated carbocycles. The number of aromatic nitrogens is 1. The number of nitrogens with zero attached hydrogens (tertiary/aromatic N) is 1. The minimum Gasteiger partial charge on any atom is -0.347 e. The zero-order valence-corrected chi connectivity index (χ0v) is 13.8. The fraction of sp³-hybridized carbons (Fsp3) is 0.300. The molecule has 0 spiro atoms. The minimum absolute atomic E-state index is 0.826. The molecule has 3 aromatic rings. The molecular weight excluding hydrogens is 290 g/mol. The molecule has 0 unspecified atom stereocenters. The van der Waals surface area contributed by atoms with Gasteiger partial charge in [-0.1, -0.05) is 55.3 Å². The Labute approximate surface area is 137 Å². The SMILES string of the molecule is CCCc1cn(CCCc2ccccc2)c2ccc(Cl)cc12. The Morgan fingerprint density at radius 1 is 1.00 bits per heavy atom. The molecule has 0 amide bonds. The highest BCUT2D eigenvalue weighted by atomic mass is 35.5. The van der Waals surface area contributed by atoms with E-state index < -0.39 is 0 Å². The Morgan fingerprint density at radius 3 is 2.59 bits per heavy atom. The number of fused-ring (bicyclic) bond motifs is 1. The maximum atomic E-state index is 6.18. The van der Waals surface area contributed by atoms with Crippen LogP contribution in [0.1, 0.15) is 30.9 Å². The van der Waals surface area contributed by atoms with Crippen molar-refractivity contribution in [3.05, 3.63) is 70.9 Å². The first-order valence-electron chi connectivity index (χ1n) is 8.09. The molecule has 0 bridgehead atoms. The first-order valence-corrected chi connectivity index (χ1v) is 8.47. The van der Waals surface area contributed by atoms with Crippen LogP contribution >= 0.6 is 11.6 Å². The lowest BCUT2D eigenvalue weighted by Crippen LogP contribution is -1.98. The fourth-order valence-corrected chi connectivity index (χ4v) is 3.27. The Balaban J connectivity index is 1.78. The Bertz CT molecular complexity index is 743. The van der Waals surface area contributed by atoms with Gasteiger partial charge in [0, 0.05) is 28.7 Å². The predicted molar refractivity (Wildman–Crippen MR) is 95.7 cm³/mol. The molecule has 114 valence electrons. The van der Waals surface area contributed by atoms with E-state index in [4.69, 9.17) is 11.6 Å². The number of hydrogen-bond donors (Lipinski definition) is 0. The van der Waals surface area contributed by atoms with Crippen LogP contribution in [-0.4, -0.2) is 4.57 Å². The van der Waals surface area contributed by atoms with Crippen LogP contribution in [-0.2, 0) is 19.4 Å². The van der Waals surface area contributed by atoms with Crippen LogP contribution in [0.5, 0.6) is 0 Å². The summed E-state index contributed by atoms with van der Waals surface area (Å²) in [6.07, 6.45) is 6.87. The molecule has 0 saturated heterocycles. The summed E-state index contributed by atoms with van der Waals surface area (Å²) in [4.78, 5) is 0. The third-order valence-electron chi connectivity index (χ3n) is 4.15. The molecule has 1 aromatic heterocycles. The summed E-state index contributed by atoms with van der Waals surface area (Å²) in [6, 6.07) is 17.0. The maximum absolute atomic E-state index is 6.18. The molecule has 2 heteroatoms. The summed E-state index contributed by atoms with van der Waals surface area (Å²) < 4.78 is 2.39. The van der Waals surface area contributed by atoms with Crippen molar-refractivity contribution >= 4 is 22.5 Å². The van der Waals surface area contributed by atoms with E-state index >= 15 is 0 Å². The van der Waals surface area contributed by atoms with Gasteiger partial charge < -0.3 is 4.57 Å². The summed E-state index contributed by atoms with van der Waals surface area (Å²) in [5.41, 5.74) is 4.14. The van der Waals surface area contributed by atoms with Crippen LogP contribution in [0.4, 0.5) is 0 Å². The highest BCUT2D eigenvalue weighted by molar-refractivity contribution is 6.31. The van der Waals surface area contributed by atoms with E-state index in [-0.39, 0.29) is 0 Å². The summed E-state index contributed by atoms with van der Waals surface area (Å²) >= 11 is 6.18. The van der Waals surface area contributed by atoms with E-state index in [2.05, 4.69) is 60.2 Å². The lowest BCUT2D eigenvalue weighted by molar-refractivity contribution is 0.659. The van der Waals surface area contributed by atoms with Crippen molar-refractivity contribution in [1.29, 1.82) is 0 Å². The van der Waals surface area contributed by atoms with Crippen molar-refractivity contribution < 1.29 is 0 Å². The van der Waals surface area contributed by atoms with Crippen molar-refractivity contribution in [2.24, 2.45) is 0 Å². The first kappa shape index (κ1) is 15.2. The zero-order chi connectivity index (χ0) is 15.4. The van der Waals surface area contributed by atoms with E-state index in [0.717, 1.165) is 37.3 Å². The molecule has 0 N–H and O–H groups in total. The Kier molecular flexibility index (Phi) is 4.84. The Hall–Kier alpha value is -1.73. The summed E-state index contributed by atoms with van der Waals surface area (Å²) in [7, 11) is 0. The molecular formula is C20H22ClN. The first-order chi connectivity index (χ1) is 10.8. The average Bonchev–Trinajstić information content (AvgIpc) is 2.86.